The first kappa shape index (κ1) is 103. The van der Waals surface area contributed by atoms with Crippen molar-refractivity contribution in [2.24, 2.45) is 0 Å². The number of phosphoric ester groups is 2. The van der Waals surface area contributed by atoms with Crippen LogP contribution in [0.1, 0.15) is 56.6 Å². The molecule has 2 aromatic carbocycles. The maximum Gasteiger partial charge on any atom is 0.330 e. The number of hydrogen-bond acceptors (Lipinski definition) is 43. The zero-order valence-corrected chi connectivity index (χ0v) is 77.0. The summed E-state index contributed by atoms with van der Waals surface area (Å²) in [6.45, 7) is -7.79. The van der Waals surface area contributed by atoms with E-state index in [0.717, 1.165) is 9.13 Å². The predicted octanol–water partition coefficient (Wildman–Crippen LogP) is -0.200. The van der Waals surface area contributed by atoms with Crippen molar-refractivity contribution < 1.29 is 129 Å². The Morgan fingerprint density at radius 3 is 1.07 bits per heavy atom. The molecule has 137 heavy (non-hydrogen) atoms. The smallest absolute Gasteiger partial charge is 0.330 e. The molecule has 18 rings (SSSR count). The molecule has 6 fully saturated rings. The second-order valence-electron chi connectivity index (χ2n) is 31.1. The summed E-state index contributed by atoms with van der Waals surface area (Å²) in [6.07, 6.45) is -9.18. The van der Waals surface area contributed by atoms with Crippen LogP contribution in [0.3, 0.4) is 0 Å². The number of aromatic nitrogens is 15. The van der Waals surface area contributed by atoms with Gasteiger partial charge in [0.1, 0.15) is 121 Å². The van der Waals surface area contributed by atoms with E-state index in [9.17, 15) is 83.2 Å². The number of nitrogens with two attached hydrogens (primary N) is 3. The van der Waals surface area contributed by atoms with Crippen LogP contribution < -0.4 is 84.1 Å². The highest BCUT2D eigenvalue weighted by Crippen LogP contribution is 2.50. The fourth-order valence-corrected chi connectivity index (χ4v) is 19.6. The lowest BCUT2D eigenvalue weighted by Crippen LogP contribution is -2.35. The zero-order valence-electron chi connectivity index (χ0n) is 73.5. The van der Waals surface area contributed by atoms with E-state index in [0.29, 0.717) is 61.7 Å². The van der Waals surface area contributed by atoms with Crippen LogP contribution in [0.4, 0.5) is 17.1 Å². The van der Waals surface area contributed by atoms with Gasteiger partial charge < -0.3 is 155 Å². The highest BCUT2D eigenvalue weighted by molar-refractivity contribution is 8.06. The van der Waals surface area contributed by atoms with E-state index < -0.39 is 225 Å². The van der Waals surface area contributed by atoms with Crippen molar-refractivity contribution in [3.8, 4) is 33.6 Å². The molecular formula is C79H100N21O33P3S. The van der Waals surface area contributed by atoms with Crippen molar-refractivity contribution in [1.29, 1.82) is 0 Å². The minimum Gasteiger partial charge on any atom is -0.780 e. The number of H-pyrrole nitrogens is 3. The minimum absolute atomic E-state index is 0. The van der Waals surface area contributed by atoms with Crippen molar-refractivity contribution in [3.05, 3.63) is 216 Å². The number of aliphatic hydroxyl groups is 6. The molecule has 27 N–H and O–H groups in total. The topological polar surface area (TPSA) is 821 Å². The van der Waals surface area contributed by atoms with E-state index in [1.54, 1.807) is 89.5 Å². The summed E-state index contributed by atoms with van der Waals surface area (Å²) in [6, 6.07) is 25.2. The van der Waals surface area contributed by atoms with Crippen LogP contribution in [0, 0.1) is 0 Å². The summed E-state index contributed by atoms with van der Waals surface area (Å²) in [4.78, 5) is 146. The number of imidazole rings is 3. The Hall–Kier alpha value is -10.9. The molecule has 0 bridgehead atoms. The molecule has 6 saturated heterocycles. The lowest BCUT2D eigenvalue weighted by Gasteiger charge is -2.32. The van der Waals surface area contributed by atoms with Crippen molar-refractivity contribution in [2.45, 2.75) is 148 Å². The molecule has 16 heterocycles. The number of furan rings is 1. The van der Waals surface area contributed by atoms with Gasteiger partial charge in [-0.05, 0) is 41.5 Å². The number of ether oxygens (including phenoxy) is 9. The number of pyridine rings is 3. The lowest BCUT2D eigenvalue weighted by molar-refractivity contribution is -0.235. The average Bonchev–Trinajstić information content (AvgIpc) is 1.79. The highest BCUT2D eigenvalue weighted by Gasteiger charge is 2.51. The second kappa shape index (κ2) is 43.6. The zero-order chi connectivity index (χ0) is 94.9. The number of phosphoric acid groups is 2. The molecule has 0 saturated carbocycles. The van der Waals surface area contributed by atoms with Crippen LogP contribution in [0.5, 0.6) is 0 Å². The molecule has 10 aromatic heterocycles. The molecule has 0 aliphatic carbocycles. The number of aliphatic hydroxyl groups excluding tert-OH is 6. The molecule has 12 aromatic rings. The first-order valence-corrected chi connectivity index (χ1v) is 46.5. The van der Waals surface area contributed by atoms with Gasteiger partial charge in [-0.1, -0.05) is 72.5 Å². The number of quaternary nitrogens is 3. The van der Waals surface area contributed by atoms with Gasteiger partial charge in [-0.3, -0.25) is 65.9 Å². The number of methoxy groups -OCH3 is 3. The molecular weight excluding hydrogens is 1900 g/mol. The third-order valence-electron chi connectivity index (χ3n) is 22.9. The van der Waals surface area contributed by atoms with Crippen molar-refractivity contribution >= 4 is 84.7 Å². The van der Waals surface area contributed by atoms with Gasteiger partial charge in [-0.15, -0.1) is 0 Å². The van der Waals surface area contributed by atoms with E-state index in [-0.39, 0.29) is 60.2 Å². The number of benzene rings is 2. The van der Waals surface area contributed by atoms with Crippen molar-refractivity contribution in [3.63, 3.8) is 0 Å². The summed E-state index contributed by atoms with van der Waals surface area (Å²) < 4.78 is 122. The fourth-order valence-electron chi connectivity index (χ4n) is 16.3. The minimum atomic E-state index is -5.09. The van der Waals surface area contributed by atoms with Gasteiger partial charge in [-0.25, -0.2) is 44.3 Å². The third kappa shape index (κ3) is 21.9. The highest BCUT2D eigenvalue weighted by atomic mass is 32.5. The summed E-state index contributed by atoms with van der Waals surface area (Å²) in [5.74, 6) is 0.192. The number of nitrogens with zero attached hydrogens (tertiary/aromatic N) is 12. The van der Waals surface area contributed by atoms with Gasteiger partial charge in [0.25, 0.3) is 32.3 Å². The fraction of sp³-hybridized carbons (Fsp3) is 0.418. The summed E-state index contributed by atoms with van der Waals surface area (Å²) in [7, 11) is -6.07. The van der Waals surface area contributed by atoms with E-state index in [1.807, 2.05) is 0 Å². The molecule has 24 atom stereocenters. The Bertz CT molecular complexity index is 6450. The summed E-state index contributed by atoms with van der Waals surface area (Å²) in [5.41, 5.74) is 18.9. The van der Waals surface area contributed by atoms with Crippen LogP contribution in [0.25, 0.3) is 67.1 Å². The predicted molar refractivity (Wildman–Crippen MR) is 477 cm³/mol. The third-order valence-corrected chi connectivity index (χ3v) is 26.5. The summed E-state index contributed by atoms with van der Waals surface area (Å²) >= 11 is 5.13. The Balaban J connectivity index is 0.000000172. The van der Waals surface area contributed by atoms with Crippen LogP contribution in [0.2, 0.25) is 0 Å². The first-order chi connectivity index (χ1) is 64.3. The Kier molecular flexibility index (Phi) is 32.9. The van der Waals surface area contributed by atoms with Crippen LogP contribution in [0.15, 0.2) is 187 Å². The lowest BCUT2D eigenvalue weighted by atomic mass is 10.1. The van der Waals surface area contributed by atoms with Gasteiger partial charge >= 0.3 is 17.1 Å². The van der Waals surface area contributed by atoms with Gasteiger partial charge in [0.15, 0.2) is 35.6 Å². The number of hydrogen-bond donors (Lipinski definition) is 15. The Morgan fingerprint density at radius 2 is 0.752 bits per heavy atom. The number of nitrogens with one attached hydrogen (secondary N) is 3. The van der Waals surface area contributed by atoms with Crippen LogP contribution in [-0.4, -0.2) is 255 Å². The molecule has 740 valence electrons. The molecule has 54 nitrogen and oxygen atoms in total. The SMILES string of the molecule is COC1[C@@H](O)[C@@H](COP(=O)([O-])O[C@@H]2C[C@H](n3cc(-c4ccccc4)c(=O)[nH]c3=O)O[C@@H]2CO)O[C@H]1n1cnc2c(N)ccnc21.COC1[C@@H](O)[C@@H](COP(=O)([O-])O[C@@H]2C[C@H](n3cc(-c4ccco4)c(=O)[nH]c3=O)O[C@@H]2CO)O[C@H]1n1cnc2c(N)ccnc21.COC1[C@@H](O)[C@@H](COP([O-])(=S)O[C@@H]2C[C@H](n3cc(-c4ccccc4)c(=O)[nH]c3=O)O[C@@H]2CO)O[C@H]1n1cnc2c(N)ccnc21.[NH4+].[NH4+].[NH4+]. The van der Waals surface area contributed by atoms with E-state index >= 15 is 0 Å². The first-order valence-electron chi connectivity index (χ1n) is 41.0. The van der Waals surface area contributed by atoms with Crippen molar-refractivity contribution in [1.82, 2.24) is 90.7 Å². The number of rotatable bonds is 30. The van der Waals surface area contributed by atoms with Gasteiger partial charge in [-0.2, -0.15) is 0 Å². The normalized spacial score (nSPS) is 27.6. The van der Waals surface area contributed by atoms with Gasteiger partial charge in [0.2, 0.25) is 0 Å². The molecule has 0 radical (unpaired) electrons. The molecule has 6 aliphatic heterocycles. The van der Waals surface area contributed by atoms with Gasteiger partial charge in [0.05, 0.1) is 117 Å². The van der Waals surface area contributed by atoms with E-state index in [1.165, 1.54) is 104 Å². The van der Waals surface area contributed by atoms with Crippen molar-refractivity contribution in [2.75, 3.05) is 78.2 Å². The standard InChI is InChI=1S/C27H31N6O11P.C27H31N6O10PS.C25H29N6O12P.3H3N/c1-40-23-22(35)19(43-26(23)33-13-30-21-16(28)7-8-29-24(21)33)12-41-45(38,39)44-17-9-20(42-18(17)11-34)32-10-15(25(36)31-27(32)37)14-5-3-2-4-6-14;1-39-23-22(35)19(42-26(23)33-13-30-21-16(28)7-8-29-24(21)33)12-40-44(38,45)43-17-9-20(41-18(17)11-34)32-10-15(25(36)31-27(32)37)14-5-3-2-4-6-14;1-38-21-20(33)17(42-24(21)31-11-28-19-13(26)4-5-27-22(19)31)10-40-44(36,37)43-15-7-18(41-16(15)9-32)30-8-12(14-3-2-6-39-14)23(34)29-25(30)35;;;/h2-8,10,13,17-20,22-23,26,34-35H,9,11-12H2,1H3,(H2,28,29)(H,38,39)(H,31,36,37);2-8,10,13,17-20,22-23,26,34-35H,9,11-12H2,1H3,(H2,28,29)(H,38,45)(H,31,36,37);2-6,8,11,15-18,20-21,24,32-33H,7,9-10H2,1H3,(H2,26,27)(H,36,37)(H,29,34,35);3*1H3/t17-,18-,19-,20-,22+,23?,26-;17-,18-,19-,20-,22+,23?,26-,44?;15-,16-,17-,18-,20+,21?,24-;;;/m111.../s1. The maximum absolute atomic E-state index is 13.3. The monoisotopic (exact) mass is 2000 g/mol. The van der Waals surface area contributed by atoms with E-state index in [2.05, 4.69) is 44.9 Å². The Morgan fingerprint density at radius 1 is 0.431 bits per heavy atom. The van der Waals surface area contributed by atoms with Crippen LogP contribution >= 0.6 is 22.4 Å². The molecule has 0 amide bonds. The van der Waals surface area contributed by atoms with Crippen LogP contribution in [-0.2, 0) is 90.7 Å². The Labute approximate surface area is 776 Å². The largest absolute Gasteiger partial charge is 0.780 e. The number of aromatic amines is 3. The number of anilines is 3. The maximum atomic E-state index is 13.3. The van der Waals surface area contributed by atoms with E-state index in [4.69, 9.17) is 103 Å². The quantitative estimate of drug-likeness (QED) is 0.0259. The summed E-state index contributed by atoms with van der Waals surface area (Å²) in [5, 5.41) is 62.3. The molecule has 58 heteroatoms. The second-order valence-corrected chi connectivity index (χ2v) is 36.5. The average molecular weight is 2000 g/mol. The number of nitrogen functional groups attached to an aromatic ring is 3. The molecule has 6 unspecified atom stereocenters. The number of fused-ring (bicyclic) bond motifs is 3. The molecule has 6 aliphatic rings. The van der Waals surface area contributed by atoms with Gasteiger partial charge in [0, 0.05) is 77.8 Å². The molecule has 0 spiro atoms.